The van der Waals surface area contributed by atoms with Crippen LogP contribution in [0.25, 0.3) is 0 Å². The average molecular weight is 205 g/mol. The van der Waals surface area contributed by atoms with Crippen LogP contribution in [-0.4, -0.2) is 17.7 Å². The molecule has 0 atom stereocenters. The van der Waals surface area contributed by atoms with Gasteiger partial charge in [-0.2, -0.15) is 0 Å². The molecule has 15 heavy (non-hydrogen) atoms. The first-order valence-electron chi connectivity index (χ1n) is 5.34. The number of unbranched alkanes of at least 4 members (excludes halogenated alkanes) is 1. The molecule has 0 aromatic carbocycles. The van der Waals surface area contributed by atoms with Crippen molar-refractivity contribution < 1.29 is 0 Å². The highest BCUT2D eigenvalue weighted by Gasteiger charge is 2.08. The zero-order valence-corrected chi connectivity index (χ0v) is 9.51. The van der Waals surface area contributed by atoms with Crippen molar-refractivity contribution in [3.05, 3.63) is 30.6 Å². The monoisotopic (exact) mass is 205 g/mol. The van der Waals surface area contributed by atoms with Gasteiger partial charge in [-0.25, -0.2) is 0 Å². The normalized spacial score (nSPS) is 11.5. The molecule has 0 spiro atoms. The Labute approximate surface area is 91.3 Å². The Morgan fingerprint density at radius 2 is 2.47 bits per heavy atom. The van der Waals surface area contributed by atoms with Crippen LogP contribution in [0.2, 0.25) is 0 Å². The number of H-pyrrole nitrogens is 1. The van der Waals surface area contributed by atoms with E-state index in [1.807, 2.05) is 19.3 Å². The Kier molecular flexibility index (Phi) is 4.68. The molecule has 1 aromatic rings. The summed E-state index contributed by atoms with van der Waals surface area (Å²) in [6, 6.07) is 2.05. The van der Waals surface area contributed by atoms with Gasteiger partial charge in [0, 0.05) is 24.5 Å². The number of hydrogen-bond donors (Lipinski definition) is 2. The molecular formula is C12H19N3. The van der Waals surface area contributed by atoms with Crippen molar-refractivity contribution in [1.29, 1.82) is 0 Å². The van der Waals surface area contributed by atoms with E-state index in [1.165, 1.54) is 12.8 Å². The number of anilines is 1. The number of aromatic nitrogens is 1. The lowest BCUT2D eigenvalue weighted by atomic mass is 10.1. The molecule has 1 rings (SSSR count). The minimum atomic E-state index is 0.974. The summed E-state index contributed by atoms with van der Waals surface area (Å²) in [6.45, 7) is 5.84. The van der Waals surface area contributed by atoms with E-state index in [4.69, 9.17) is 0 Å². The Hall–Kier alpha value is -1.51. The maximum atomic E-state index is 4.33. The molecule has 3 heteroatoms. The van der Waals surface area contributed by atoms with Gasteiger partial charge < -0.3 is 10.3 Å². The van der Waals surface area contributed by atoms with E-state index in [0.717, 1.165) is 23.5 Å². The highest BCUT2D eigenvalue weighted by molar-refractivity contribution is 6.04. The number of nitrogens with zero attached hydrogens (tertiary/aromatic N) is 1. The summed E-state index contributed by atoms with van der Waals surface area (Å²) in [4.78, 5) is 7.47. The predicted molar refractivity (Wildman–Crippen MR) is 66.6 cm³/mol. The van der Waals surface area contributed by atoms with Gasteiger partial charge >= 0.3 is 0 Å². The highest BCUT2D eigenvalue weighted by atomic mass is 15.0. The van der Waals surface area contributed by atoms with E-state index >= 15 is 0 Å². The predicted octanol–water partition coefficient (Wildman–Crippen LogP) is 3.18. The van der Waals surface area contributed by atoms with Gasteiger partial charge in [0.1, 0.15) is 5.82 Å². The average Bonchev–Trinajstić information content (AvgIpc) is 2.68. The van der Waals surface area contributed by atoms with Crippen molar-refractivity contribution in [2.75, 3.05) is 12.4 Å². The fourth-order valence-corrected chi connectivity index (χ4v) is 1.54. The van der Waals surface area contributed by atoms with E-state index in [2.05, 4.69) is 28.8 Å². The molecule has 1 heterocycles. The number of hydrogen-bond acceptors (Lipinski definition) is 2. The van der Waals surface area contributed by atoms with Crippen LogP contribution in [0, 0.1) is 0 Å². The first-order valence-corrected chi connectivity index (χ1v) is 5.34. The Bertz CT molecular complexity index is 336. The molecular weight excluding hydrogens is 186 g/mol. The summed E-state index contributed by atoms with van der Waals surface area (Å²) in [5.74, 6) is 0.974. The molecule has 0 radical (unpaired) electrons. The van der Waals surface area contributed by atoms with Gasteiger partial charge in [0.25, 0.3) is 0 Å². The smallest absolute Gasteiger partial charge is 0.116 e. The Morgan fingerprint density at radius 3 is 3.07 bits per heavy atom. The van der Waals surface area contributed by atoms with Crippen LogP contribution in [0.5, 0.6) is 0 Å². The second-order valence-electron chi connectivity index (χ2n) is 3.39. The van der Waals surface area contributed by atoms with Gasteiger partial charge in [0.2, 0.25) is 0 Å². The van der Waals surface area contributed by atoms with Gasteiger partial charge in [-0.1, -0.05) is 19.9 Å². The lowest BCUT2D eigenvalue weighted by molar-refractivity contribution is 0.834. The number of aliphatic imine (C=N–C) groups is 1. The van der Waals surface area contributed by atoms with E-state index < -0.39 is 0 Å². The van der Waals surface area contributed by atoms with Crippen LogP contribution in [0.1, 0.15) is 31.7 Å². The molecule has 0 aliphatic heterocycles. The van der Waals surface area contributed by atoms with Crippen molar-refractivity contribution in [2.45, 2.75) is 26.2 Å². The molecule has 0 saturated heterocycles. The standard InChI is InChI=1S/C12H19N3/c1-4-6-7-11(13-3)10-8-9-15-12(10)14-5-2/h5,8-9,14-15H,2,4,6-7H2,1,3H3. The van der Waals surface area contributed by atoms with Crippen molar-refractivity contribution in [3.8, 4) is 0 Å². The molecule has 0 fully saturated rings. The van der Waals surface area contributed by atoms with Crippen LogP contribution in [0.15, 0.2) is 30.0 Å². The van der Waals surface area contributed by atoms with E-state index in [9.17, 15) is 0 Å². The van der Waals surface area contributed by atoms with Crippen molar-refractivity contribution in [3.63, 3.8) is 0 Å². The van der Waals surface area contributed by atoms with Gasteiger partial charge in [-0.3, -0.25) is 4.99 Å². The van der Waals surface area contributed by atoms with Crippen molar-refractivity contribution in [2.24, 2.45) is 4.99 Å². The zero-order chi connectivity index (χ0) is 11.1. The third kappa shape index (κ3) is 2.98. The van der Waals surface area contributed by atoms with Crippen molar-refractivity contribution in [1.82, 2.24) is 4.98 Å². The second kappa shape index (κ2) is 6.06. The maximum Gasteiger partial charge on any atom is 0.116 e. The fraction of sp³-hybridized carbons (Fsp3) is 0.417. The van der Waals surface area contributed by atoms with E-state index in [0.29, 0.717) is 0 Å². The number of nitrogens with one attached hydrogen (secondary N) is 2. The molecule has 2 N–H and O–H groups in total. The summed E-state index contributed by atoms with van der Waals surface area (Å²) in [5.41, 5.74) is 2.29. The van der Waals surface area contributed by atoms with Crippen LogP contribution < -0.4 is 5.32 Å². The molecule has 0 aliphatic rings. The molecule has 3 nitrogen and oxygen atoms in total. The fourth-order valence-electron chi connectivity index (χ4n) is 1.54. The summed E-state index contributed by atoms with van der Waals surface area (Å²) in [5, 5.41) is 3.07. The largest absolute Gasteiger partial charge is 0.348 e. The lowest BCUT2D eigenvalue weighted by Crippen LogP contribution is -2.03. The van der Waals surface area contributed by atoms with Gasteiger partial charge in [-0.15, -0.1) is 0 Å². The summed E-state index contributed by atoms with van der Waals surface area (Å²) >= 11 is 0. The summed E-state index contributed by atoms with van der Waals surface area (Å²) < 4.78 is 0. The van der Waals surface area contributed by atoms with Crippen molar-refractivity contribution >= 4 is 11.5 Å². The third-order valence-corrected chi connectivity index (χ3v) is 2.34. The zero-order valence-electron chi connectivity index (χ0n) is 9.51. The highest BCUT2D eigenvalue weighted by Crippen LogP contribution is 2.17. The molecule has 82 valence electrons. The molecule has 0 saturated carbocycles. The summed E-state index contributed by atoms with van der Waals surface area (Å²) in [6.07, 6.45) is 6.97. The maximum absolute atomic E-state index is 4.33. The molecule has 1 aromatic heterocycles. The number of aromatic amines is 1. The van der Waals surface area contributed by atoms with Crippen LogP contribution >= 0.6 is 0 Å². The second-order valence-corrected chi connectivity index (χ2v) is 3.39. The minimum Gasteiger partial charge on any atom is -0.348 e. The van der Waals surface area contributed by atoms with Crippen LogP contribution in [0.3, 0.4) is 0 Å². The molecule has 0 unspecified atom stereocenters. The molecule has 0 bridgehead atoms. The lowest BCUT2D eigenvalue weighted by Gasteiger charge is -2.06. The van der Waals surface area contributed by atoms with E-state index in [1.54, 1.807) is 6.20 Å². The van der Waals surface area contributed by atoms with E-state index in [-0.39, 0.29) is 0 Å². The minimum absolute atomic E-state index is 0.974. The Morgan fingerprint density at radius 1 is 1.67 bits per heavy atom. The summed E-state index contributed by atoms with van der Waals surface area (Å²) in [7, 11) is 1.84. The molecule has 0 aliphatic carbocycles. The molecule has 0 amide bonds. The quantitative estimate of drug-likeness (QED) is 0.688. The van der Waals surface area contributed by atoms with Crippen LogP contribution in [-0.2, 0) is 0 Å². The Balaban J connectivity index is 2.82. The topological polar surface area (TPSA) is 40.2 Å². The first kappa shape index (κ1) is 11.6. The van der Waals surface area contributed by atoms with Crippen LogP contribution in [0.4, 0.5) is 5.82 Å². The van der Waals surface area contributed by atoms with Gasteiger partial charge in [0.15, 0.2) is 0 Å². The van der Waals surface area contributed by atoms with Gasteiger partial charge in [-0.05, 0) is 25.1 Å². The first-order chi connectivity index (χ1) is 7.33. The third-order valence-electron chi connectivity index (χ3n) is 2.34. The SMILES string of the molecule is C=CNc1[nH]ccc1C(CCCC)=NC. The number of rotatable bonds is 6. The van der Waals surface area contributed by atoms with Gasteiger partial charge in [0.05, 0.1) is 0 Å².